The maximum atomic E-state index is 14.3. The monoisotopic (exact) mass is 923 g/mol. The Bertz CT molecular complexity index is 1870. The van der Waals surface area contributed by atoms with Crippen LogP contribution in [0.1, 0.15) is 106 Å². The number of aliphatic hydroxyl groups excluding tert-OH is 3. The predicted octanol–water partition coefficient (Wildman–Crippen LogP) is 3.18. The van der Waals surface area contributed by atoms with E-state index in [4.69, 9.17) is 28.4 Å². The number of rotatable bonds is 12. The van der Waals surface area contributed by atoms with Crippen molar-refractivity contribution in [1.82, 2.24) is 19.9 Å². The minimum Gasteiger partial charge on any atom is -0.459 e. The minimum absolute atomic E-state index is 0.0599. The number of cyclic esters (lactones) is 1. The SMILES string of the molecule is CC[C@H]1OC(=O)[C@H](C)[C@@H](O[C@H]2C[C@@](C)(OC)[C@@H](O)[C@H](C)O2)[C@H](C)[C@@H](O[C@@H]2O[C@H](C)C[C@H](N(C)CCc3cn(Cc4ccc(F)cc4)nn3)[C@H]2O)[C@](C)(O)C[C@@H](C)C(=O)[C@H](C)[C@@H](O)[C@]1(C)O. The summed E-state index contributed by atoms with van der Waals surface area (Å²) < 4.78 is 52.8. The van der Waals surface area contributed by atoms with Crippen LogP contribution >= 0.6 is 0 Å². The first kappa shape index (κ1) is 53.0. The first-order chi connectivity index (χ1) is 30.3. The van der Waals surface area contributed by atoms with Crippen LogP contribution in [0.3, 0.4) is 0 Å². The number of carbonyl (C=O) groups excluding carboxylic acids is 2. The van der Waals surface area contributed by atoms with Crippen LogP contribution in [0.5, 0.6) is 0 Å². The molecular formula is C47H75FN4O13. The second-order valence-corrected chi connectivity index (χ2v) is 19.8. The Morgan fingerprint density at radius 3 is 2.23 bits per heavy atom. The molecule has 1 aromatic heterocycles. The smallest absolute Gasteiger partial charge is 0.311 e. The molecule has 0 saturated carbocycles. The van der Waals surface area contributed by atoms with Gasteiger partial charge in [0.05, 0.1) is 59.9 Å². The average Bonchev–Trinajstić information content (AvgIpc) is 3.71. The van der Waals surface area contributed by atoms with Gasteiger partial charge in [-0.05, 0) is 85.5 Å². The van der Waals surface area contributed by atoms with Gasteiger partial charge in [-0.3, -0.25) is 9.59 Å². The standard InChI is InChI=1S/C47H75FN4O13/c1-13-35-47(10,59)40(55)27(4)37(53)25(2)21-45(8,58)42(28(5)39(29(6)43(57)63-35)64-36-22-46(9,60-12)41(56)30(7)62-36)65-44-38(54)34(20-26(3)61-44)51(11)19-18-33-24-52(50-49-33)23-31-14-16-32(48)17-15-31/h14-17,24-30,34-36,38-42,44,54-56,58-59H,13,18-23H2,1-12H3/t25-,26-,27+,28+,29-,30+,34+,35-,36+,38-,39+,40-,41+,42-,44+,45-,46-,47-/m1/s1. The van der Waals surface area contributed by atoms with Crippen LogP contribution in [0.2, 0.25) is 0 Å². The molecule has 18 atom stereocenters. The van der Waals surface area contributed by atoms with E-state index in [1.165, 1.54) is 40.0 Å². The Hall–Kier alpha value is -3.01. The molecule has 0 radical (unpaired) electrons. The number of methoxy groups -OCH3 is 1. The van der Waals surface area contributed by atoms with Crippen LogP contribution in [0.15, 0.2) is 30.5 Å². The number of esters is 1. The van der Waals surface area contributed by atoms with Gasteiger partial charge in [0.25, 0.3) is 0 Å². The molecule has 3 aliphatic rings. The van der Waals surface area contributed by atoms with Gasteiger partial charge in [-0.2, -0.15) is 0 Å². The van der Waals surface area contributed by atoms with Gasteiger partial charge in [0.1, 0.15) is 35.5 Å². The highest BCUT2D eigenvalue weighted by Gasteiger charge is 2.53. The zero-order valence-electron chi connectivity index (χ0n) is 40.2. The second kappa shape index (κ2) is 21.5. The summed E-state index contributed by atoms with van der Waals surface area (Å²) in [6, 6.07) is 5.70. The van der Waals surface area contributed by atoms with Crippen molar-refractivity contribution in [1.29, 1.82) is 0 Å². The number of hydrogen-bond donors (Lipinski definition) is 5. The highest BCUT2D eigenvalue weighted by Crippen LogP contribution is 2.41. The summed E-state index contributed by atoms with van der Waals surface area (Å²) in [6.07, 6.45) is -8.27. The highest BCUT2D eigenvalue weighted by molar-refractivity contribution is 5.83. The number of aromatic nitrogens is 3. The van der Waals surface area contributed by atoms with Crippen molar-refractivity contribution in [3.8, 4) is 0 Å². The molecule has 1 aromatic carbocycles. The maximum Gasteiger partial charge on any atom is 0.311 e. The van der Waals surface area contributed by atoms with Gasteiger partial charge in [-0.1, -0.05) is 45.0 Å². The molecule has 4 heterocycles. The Morgan fingerprint density at radius 1 is 0.938 bits per heavy atom. The summed E-state index contributed by atoms with van der Waals surface area (Å²) in [7, 11) is 3.35. The topological polar surface area (TPSA) is 225 Å². The molecule has 0 spiro atoms. The molecule has 17 nitrogen and oxygen atoms in total. The van der Waals surface area contributed by atoms with Gasteiger partial charge in [-0.15, -0.1) is 5.10 Å². The van der Waals surface area contributed by atoms with Crippen LogP contribution in [0.25, 0.3) is 0 Å². The Balaban J connectivity index is 1.46. The number of hydrogen-bond acceptors (Lipinski definition) is 16. The lowest BCUT2D eigenvalue weighted by Crippen LogP contribution is -2.61. The minimum atomic E-state index is -2.03. The molecule has 368 valence electrons. The number of aliphatic hydroxyl groups is 5. The Labute approximate surface area is 382 Å². The number of ketones is 1. The van der Waals surface area contributed by atoms with Crippen LogP contribution in [-0.2, 0) is 51.0 Å². The zero-order valence-corrected chi connectivity index (χ0v) is 40.2. The number of carbonyl (C=O) groups is 2. The van der Waals surface area contributed by atoms with E-state index in [0.29, 0.717) is 25.9 Å². The summed E-state index contributed by atoms with van der Waals surface area (Å²) in [5.41, 5.74) is -3.40. The molecule has 0 bridgehead atoms. The van der Waals surface area contributed by atoms with E-state index in [2.05, 4.69) is 10.3 Å². The van der Waals surface area contributed by atoms with Crippen LogP contribution in [-0.4, -0.2) is 162 Å². The molecule has 65 heavy (non-hydrogen) atoms. The first-order valence-corrected chi connectivity index (χ1v) is 23.1. The summed E-state index contributed by atoms with van der Waals surface area (Å²) in [4.78, 5) is 30.3. The largest absolute Gasteiger partial charge is 0.459 e. The molecule has 0 aliphatic carbocycles. The molecule has 3 saturated heterocycles. The normalized spacial score (nSPS) is 41.6. The number of nitrogens with zero attached hydrogens (tertiary/aromatic N) is 4. The van der Waals surface area contributed by atoms with Gasteiger partial charge >= 0.3 is 5.97 Å². The van der Waals surface area contributed by atoms with Gasteiger partial charge in [0, 0.05) is 56.5 Å². The average molecular weight is 923 g/mol. The summed E-state index contributed by atoms with van der Waals surface area (Å²) in [6.45, 7) is 17.1. The van der Waals surface area contributed by atoms with Crippen molar-refractivity contribution in [3.05, 3.63) is 47.5 Å². The molecule has 0 amide bonds. The third-order valence-electron chi connectivity index (χ3n) is 14.3. The van der Waals surface area contributed by atoms with Crippen LogP contribution in [0.4, 0.5) is 4.39 Å². The summed E-state index contributed by atoms with van der Waals surface area (Å²) in [5, 5.41) is 67.5. The molecule has 5 rings (SSSR count). The fourth-order valence-corrected chi connectivity index (χ4v) is 10.1. The van der Waals surface area contributed by atoms with Crippen molar-refractivity contribution < 1.29 is 67.9 Å². The van der Waals surface area contributed by atoms with Crippen molar-refractivity contribution in [2.45, 2.75) is 192 Å². The van der Waals surface area contributed by atoms with E-state index in [9.17, 15) is 39.5 Å². The van der Waals surface area contributed by atoms with E-state index in [1.54, 1.807) is 58.4 Å². The number of likely N-dealkylation sites (N-methyl/N-ethyl adjacent to an activating group) is 1. The van der Waals surface area contributed by atoms with Gasteiger partial charge in [0.15, 0.2) is 12.6 Å². The predicted molar refractivity (Wildman–Crippen MR) is 234 cm³/mol. The van der Waals surface area contributed by atoms with E-state index in [0.717, 1.165) is 11.3 Å². The molecule has 5 N–H and O–H groups in total. The number of halogens is 1. The van der Waals surface area contributed by atoms with Crippen molar-refractivity contribution in [3.63, 3.8) is 0 Å². The van der Waals surface area contributed by atoms with Crippen molar-refractivity contribution in [2.75, 3.05) is 20.7 Å². The fraction of sp³-hybridized carbons (Fsp3) is 0.787. The highest BCUT2D eigenvalue weighted by atomic mass is 19.1. The van der Waals surface area contributed by atoms with E-state index in [-0.39, 0.29) is 25.1 Å². The van der Waals surface area contributed by atoms with Gasteiger partial charge in [-0.25, -0.2) is 9.07 Å². The van der Waals surface area contributed by atoms with Crippen LogP contribution in [0, 0.1) is 29.5 Å². The Kier molecular flexibility index (Phi) is 17.5. The van der Waals surface area contributed by atoms with E-state index in [1.807, 2.05) is 25.1 Å². The van der Waals surface area contributed by atoms with Gasteiger partial charge < -0.3 is 58.9 Å². The van der Waals surface area contributed by atoms with Crippen molar-refractivity contribution in [2.24, 2.45) is 23.7 Å². The molecule has 2 aromatic rings. The third kappa shape index (κ3) is 12.2. The lowest BCUT2D eigenvalue weighted by Gasteiger charge is -2.49. The molecule has 3 aliphatic heterocycles. The maximum absolute atomic E-state index is 14.3. The summed E-state index contributed by atoms with van der Waals surface area (Å²) >= 11 is 0. The van der Waals surface area contributed by atoms with E-state index < -0.39 is 120 Å². The quantitative estimate of drug-likeness (QED) is 0.193. The lowest BCUT2D eigenvalue weighted by atomic mass is 9.74. The van der Waals surface area contributed by atoms with Crippen LogP contribution < -0.4 is 0 Å². The number of ether oxygens (including phenoxy) is 6. The number of Topliss-reactive ketones (excluding diaryl/α,β-unsaturated/α-hetero) is 1. The first-order valence-electron chi connectivity index (χ1n) is 23.1. The second-order valence-electron chi connectivity index (χ2n) is 19.8. The fourth-order valence-electron chi connectivity index (χ4n) is 10.1. The Morgan fingerprint density at radius 2 is 1.60 bits per heavy atom. The molecule has 3 fully saturated rings. The number of benzene rings is 1. The zero-order chi connectivity index (χ0) is 48.3. The lowest BCUT2D eigenvalue weighted by molar-refractivity contribution is -0.318. The third-order valence-corrected chi connectivity index (χ3v) is 14.3. The molecule has 18 heteroatoms. The summed E-state index contributed by atoms with van der Waals surface area (Å²) in [5.74, 6) is -5.57. The molecular weight excluding hydrogens is 848 g/mol. The van der Waals surface area contributed by atoms with Crippen molar-refractivity contribution >= 4 is 11.8 Å². The van der Waals surface area contributed by atoms with Gasteiger partial charge in [0.2, 0.25) is 0 Å². The van der Waals surface area contributed by atoms with E-state index >= 15 is 0 Å². The molecule has 0 unspecified atom stereocenters.